The van der Waals surface area contributed by atoms with E-state index in [1.165, 1.54) is 6.26 Å². The average Bonchev–Trinajstić information content (AvgIpc) is 2.64. The first-order valence-electron chi connectivity index (χ1n) is 8.93. The fourth-order valence-electron chi connectivity index (χ4n) is 2.73. The van der Waals surface area contributed by atoms with Crippen LogP contribution in [0.1, 0.15) is 17.5 Å². The van der Waals surface area contributed by atoms with Gasteiger partial charge in [0.25, 0.3) is 0 Å². The van der Waals surface area contributed by atoms with Crippen LogP contribution in [0.5, 0.6) is 0 Å². The Kier molecular flexibility index (Phi) is 7.67. The smallest absolute Gasteiger partial charge is 0.191 e. The molecule has 0 bridgehead atoms. The summed E-state index contributed by atoms with van der Waals surface area (Å²) < 4.78 is 23.4. The molecule has 0 aliphatic carbocycles. The Morgan fingerprint density at radius 2 is 1.78 bits per heavy atom. The van der Waals surface area contributed by atoms with Crippen molar-refractivity contribution in [3.63, 3.8) is 0 Å². The second-order valence-electron chi connectivity index (χ2n) is 6.37. The summed E-state index contributed by atoms with van der Waals surface area (Å²) in [6.45, 7) is 4.06. The summed E-state index contributed by atoms with van der Waals surface area (Å²) >= 11 is 0. The van der Waals surface area contributed by atoms with Crippen molar-refractivity contribution in [1.82, 2.24) is 10.6 Å². The molecule has 3 N–H and O–H groups in total. The lowest BCUT2D eigenvalue weighted by Crippen LogP contribution is -2.37. The van der Waals surface area contributed by atoms with Crippen molar-refractivity contribution < 1.29 is 8.42 Å². The normalized spacial score (nSPS) is 11.9. The zero-order valence-corrected chi connectivity index (χ0v) is 16.9. The number of hydrogen-bond acceptors (Lipinski definition) is 4. The van der Waals surface area contributed by atoms with E-state index in [1.807, 2.05) is 49.4 Å². The monoisotopic (exact) mass is 388 g/mol. The third-order valence-corrected chi connectivity index (χ3v) is 5.33. The molecule has 0 amide bonds. The van der Waals surface area contributed by atoms with Gasteiger partial charge in [0.2, 0.25) is 0 Å². The molecule has 0 aliphatic heterocycles. The van der Waals surface area contributed by atoms with E-state index >= 15 is 0 Å². The van der Waals surface area contributed by atoms with Crippen LogP contribution in [0, 0.1) is 6.92 Å². The summed E-state index contributed by atoms with van der Waals surface area (Å²) in [5.74, 6) is 0.722. The molecule has 0 aromatic heterocycles. The number of aliphatic imine (C=N–C) groups is 1. The Morgan fingerprint density at radius 1 is 1.04 bits per heavy atom. The van der Waals surface area contributed by atoms with Gasteiger partial charge < -0.3 is 16.0 Å². The van der Waals surface area contributed by atoms with Crippen molar-refractivity contribution in [2.24, 2.45) is 4.99 Å². The molecule has 0 spiro atoms. The molecule has 146 valence electrons. The number of hydrogen-bond donors (Lipinski definition) is 3. The van der Waals surface area contributed by atoms with E-state index < -0.39 is 9.84 Å². The van der Waals surface area contributed by atoms with Crippen LogP contribution in [0.4, 0.5) is 5.69 Å². The summed E-state index contributed by atoms with van der Waals surface area (Å²) in [6.07, 6.45) is 2.18. The molecule has 27 heavy (non-hydrogen) atoms. The first kappa shape index (κ1) is 20.8. The maximum atomic E-state index is 11.7. The number of anilines is 1. The summed E-state index contributed by atoms with van der Waals surface area (Å²) in [6, 6.07) is 15.5. The highest BCUT2D eigenvalue weighted by molar-refractivity contribution is 7.90. The van der Waals surface area contributed by atoms with Gasteiger partial charge in [-0.3, -0.25) is 4.99 Å². The SMILES string of the molecule is CN=C(NCCCNc1ccccc1)NCc1ccc(S(C)(=O)=O)c(C)c1. The number of nitrogens with one attached hydrogen (secondary N) is 3. The van der Waals surface area contributed by atoms with Gasteiger partial charge in [-0.25, -0.2) is 8.42 Å². The van der Waals surface area contributed by atoms with Gasteiger partial charge in [0.15, 0.2) is 15.8 Å². The molecule has 0 saturated carbocycles. The predicted octanol–water partition coefficient (Wildman–Crippen LogP) is 2.57. The van der Waals surface area contributed by atoms with Gasteiger partial charge in [-0.1, -0.05) is 30.3 Å². The second-order valence-corrected chi connectivity index (χ2v) is 8.36. The van der Waals surface area contributed by atoms with Crippen LogP contribution in [0.25, 0.3) is 0 Å². The van der Waals surface area contributed by atoms with Crippen molar-refractivity contribution in [2.75, 3.05) is 31.7 Å². The van der Waals surface area contributed by atoms with Crippen molar-refractivity contribution in [2.45, 2.75) is 24.8 Å². The number of aryl methyl sites for hydroxylation is 1. The molecule has 0 unspecified atom stereocenters. The second kappa shape index (κ2) is 9.97. The van der Waals surface area contributed by atoms with E-state index in [0.717, 1.165) is 42.3 Å². The summed E-state index contributed by atoms with van der Waals surface area (Å²) in [7, 11) is -1.45. The minimum atomic E-state index is -3.19. The average molecular weight is 389 g/mol. The molecule has 0 heterocycles. The summed E-state index contributed by atoms with van der Waals surface area (Å²) in [5, 5.41) is 9.90. The predicted molar refractivity (Wildman–Crippen MR) is 112 cm³/mol. The number of benzene rings is 2. The number of rotatable bonds is 8. The molecule has 2 aromatic rings. The number of guanidine groups is 1. The van der Waals surface area contributed by atoms with E-state index in [9.17, 15) is 8.42 Å². The van der Waals surface area contributed by atoms with Crippen LogP contribution < -0.4 is 16.0 Å². The maximum Gasteiger partial charge on any atom is 0.191 e. The summed E-state index contributed by atoms with van der Waals surface area (Å²) in [5.41, 5.74) is 2.88. The molecule has 0 atom stereocenters. The molecule has 2 rings (SSSR count). The quantitative estimate of drug-likeness (QED) is 0.368. The van der Waals surface area contributed by atoms with Gasteiger partial charge in [-0.15, -0.1) is 0 Å². The molecule has 6 nitrogen and oxygen atoms in total. The third-order valence-electron chi connectivity index (χ3n) is 4.07. The molecule has 7 heteroatoms. The Hall–Kier alpha value is -2.54. The van der Waals surface area contributed by atoms with Gasteiger partial charge >= 0.3 is 0 Å². The van der Waals surface area contributed by atoms with E-state index in [-0.39, 0.29) is 0 Å². The lowest BCUT2D eigenvalue weighted by atomic mass is 10.1. The van der Waals surface area contributed by atoms with Crippen molar-refractivity contribution in [3.05, 3.63) is 59.7 Å². The summed E-state index contributed by atoms with van der Waals surface area (Å²) in [4.78, 5) is 4.59. The Morgan fingerprint density at radius 3 is 2.41 bits per heavy atom. The van der Waals surface area contributed by atoms with Crippen LogP contribution in [-0.4, -0.2) is 40.8 Å². The maximum absolute atomic E-state index is 11.7. The first-order valence-corrected chi connectivity index (χ1v) is 10.8. The van der Waals surface area contributed by atoms with Gasteiger partial charge in [0.1, 0.15) is 0 Å². The third kappa shape index (κ3) is 6.94. The van der Waals surface area contributed by atoms with E-state index in [1.54, 1.807) is 13.1 Å². The topological polar surface area (TPSA) is 82.6 Å². The molecule has 0 aliphatic rings. The van der Waals surface area contributed by atoms with E-state index in [4.69, 9.17) is 0 Å². The minimum Gasteiger partial charge on any atom is -0.385 e. The standard InChI is InChI=1S/C20H28N4O2S/c1-16-14-17(10-11-19(16)27(3,25)26)15-24-20(21-2)23-13-7-12-22-18-8-5-4-6-9-18/h4-6,8-11,14,22H,7,12-13,15H2,1-3H3,(H2,21,23,24). The first-order chi connectivity index (χ1) is 12.9. The number of sulfone groups is 1. The van der Waals surface area contributed by atoms with Crippen molar-refractivity contribution in [1.29, 1.82) is 0 Å². The Labute approximate surface area is 162 Å². The van der Waals surface area contributed by atoms with E-state index in [0.29, 0.717) is 11.4 Å². The molecular weight excluding hydrogens is 360 g/mol. The highest BCUT2D eigenvalue weighted by atomic mass is 32.2. The van der Waals surface area contributed by atoms with E-state index in [2.05, 4.69) is 20.9 Å². The van der Waals surface area contributed by atoms with Gasteiger partial charge in [0.05, 0.1) is 4.90 Å². The van der Waals surface area contributed by atoms with Crippen molar-refractivity contribution >= 4 is 21.5 Å². The van der Waals surface area contributed by atoms with Gasteiger partial charge in [0, 0.05) is 38.6 Å². The largest absolute Gasteiger partial charge is 0.385 e. The number of nitrogens with zero attached hydrogens (tertiary/aromatic N) is 1. The highest BCUT2D eigenvalue weighted by Gasteiger charge is 2.10. The van der Waals surface area contributed by atoms with Crippen LogP contribution in [0.15, 0.2) is 58.4 Å². The lowest BCUT2D eigenvalue weighted by Gasteiger charge is -2.13. The lowest BCUT2D eigenvalue weighted by molar-refractivity contribution is 0.601. The molecule has 0 fully saturated rings. The minimum absolute atomic E-state index is 0.375. The van der Waals surface area contributed by atoms with Crippen LogP contribution in [0.2, 0.25) is 0 Å². The molecule has 2 aromatic carbocycles. The van der Waals surface area contributed by atoms with Crippen LogP contribution >= 0.6 is 0 Å². The highest BCUT2D eigenvalue weighted by Crippen LogP contribution is 2.16. The van der Waals surface area contributed by atoms with Crippen molar-refractivity contribution in [3.8, 4) is 0 Å². The number of para-hydroxylation sites is 1. The fraction of sp³-hybridized carbons (Fsp3) is 0.350. The zero-order valence-electron chi connectivity index (χ0n) is 16.1. The van der Waals surface area contributed by atoms with Crippen LogP contribution in [-0.2, 0) is 16.4 Å². The van der Waals surface area contributed by atoms with Gasteiger partial charge in [-0.05, 0) is 42.7 Å². The Balaban J connectivity index is 1.74. The van der Waals surface area contributed by atoms with Gasteiger partial charge in [-0.2, -0.15) is 0 Å². The van der Waals surface area contributed by atoms with Crippen LogP contribution in [0.3, 0.4) is 0 Å². The fourth-order valence-corrected chi connectivity index (χ4v) is 3.69. The molecular formula is C20H28N4O2S. The Bertz CT molecular complexity index is 865. The molecule has 0 saturated heterocycles. The zero-order chi connectivity index (χ0) is 19.7. The molecule has 0 radical (unpaired) electrons.